The van der Waals surface area contributed by atoms with Gasteiger partial charge in [0.25, 0.3) is 5.09 Å². The molecule has 2 fully saturated rings. The first kappa shape index (κ1) is 10.8. The molecule has 0 aromatic carbocycles. The lowest BCUT2D eigenvalue weighted by Gasteiger charge is -2.12. The van der Waals surface area contributed by atoms with Crippen molar-refractivity contribution >= 4 is 0 Å². The number of nitrogens with zero attached hydrogens (tertiary/aromatic N) is 1. The van der Waals surface area contributed by atoms with Gasteiger partial charge in [0.2, 0.25) is 0 Å². The minimum absolute atomic E-state index is 0.00468. The summed E-state index contributed by atoms with van der Waals surface area (Å²) in [4.78, 5) is 14.4. The van der Waals surface area contributed by atoms with Gasteiger partial charge in [-0.25, -0.2) is 0 Å². The van der Waals surface area contributed by atoms with Crippen LogP contribution in [0.4, 0.5) is 0 Å². The van der Waals surface area contributed by atoms with Crippen molar-refractivity contribution in [3.63, 3.8) is 0 Å². The Morgan fingerprint density at radius 3 is 2.79 bits per heavy atom. The van der Waals surface area contributed by atoms with Gasteiger partial charge in [0, 0.05) is 6.61 Å². The van der Waals surface area contributed by atoms with Crippen molar-refractivity contribution in [1.82, 2.24) is 0 Å². The summed E-state index contributed by atoms with van der Waals surface area (Å²) in [7, 11) is 0. The minimum Gasteiger partial charge on any atom is -0.373 e. The fourth-order valence-corrected chi connectivity index (χ4v) is 1.63. The molecule has 0 bridgehead atoms. The third kappa shape index (κ3) is 2.13. The van der Waals surface area contributed by atoms with E-state index < -0.39 is 11.2 Å². The van der Waals surface area contributed by atoms with E-state index in [0.29, 0.717) is 6.61 Å². The minimum atomic E-state index is -0.794. The number of fused-ring (bicyclic) bond motifs is 1. The molecule has 2 aliphatic heterocycles. The molecule has 78 valence electrons. The molecular weight excluding hydrogens is 190 g/mol. The molecular formula is C8H11NO5. The third-order valence-electron chi connectivity index (χ3n) is 2.14. The van der Waals surface area contributed by atoms with E-state index in [4.69, 9.17) is 9.47 Å². The summed E-state index contributed by atoms with van der Waals surface area (Å²) >= 11 is 0. The average molecular weight is 201 g/mol. The maximum Gasteiger partial charge on any atom is 0.294 e. The van der Waals surface area contributed by atoms with Crippen molar-refractivity contribution in [2.45, 2.75) is 24.7 Å². The highest BCUT2D eigenvalue weighted by Gasteiger charge is 2.43. The highest BCUT2D eigenvalue weighted by Crippen LogP contribution is 2.28. The van der Waals surface area contributed by atoms with Crippen LogP contribution < -0.4 is 0 Å². The molecule has 2 saturated heterocycles. The third-order valence-corrected chi connectivity index (χ3v) is 2.14. The molecule has 2 aliphatic rings. The highest BCUT2D eigenvalue weighted by atomic mass is 17.0. The first-order valence-corrected chi connectivity index (χ1v) is 4.15. The van der Waals surface area contributed by atoms with Gasteiger partial charge in [-0.05, 0) is 6.42 Å². The van der Waals surface area contributed by atoms with E-state index in [9.17, 15) is 10.1 Å². The van der Waals surface area contributed by atoms with Gasteiger partial charge in [0.15, 0.2) is 6.10 Å². The lowest BCUT2D eigenvalue weighted by atomic mass is 10.1. The quantitative estimate of drug-likeness (QED) is 0.357. The van der Waals surface area contributed by atoms with Crippen LogP contribution in [0.25, 0.3) is 0 Å². The fraction of sp³-hybridized carbons (Fsp3) is 0.750. The standard InChI is InChI=1S/C6H9NO5.C2H2/c8-7(9)12-5-3-11-4-1-2-10-6(4)5;1-2/h4-6H,1-3H2;1-2H/t4-,5-,6+;/m1./s1. The van der Waals surface area contributed by atoms with E-state index in [2.05, 4.69) is 17.7 Å². The maximum atomic E-state index is 10.0. The highest BCUT2D eigenvalue weighted by molar-refractivity contribution is 4.89. The average Bonchev–Trinajstić information content (AvgIpc) is 2.73. The number of hydrogen-bond donors (Lipinski definition) is 0. The van der Waals surface area contributed by atoms with Gasteiger partial charge in [-0.2, -0.15) is 0 Å². The van der Waals surface area contributed by atoms with Crippen LogP contribution in [-0.4, -0.2) is 36.6 Å². The predicted molar refractivity (Wildman–Crippen MR) is 45.9 cm³/mol. The molecule has 6 heteroatoms. The summed E-state index contributed by atoms with van der Waals surface area (Å²) in [6.07, 6.45) is 8.03. The van der Waals surface area contributed by atoms with E-state index in [1.54, 1.807) is 0 Å². The van der Waals surface area contributed by atoms with Gasteiger partial charge < -0.3 is 14.3 Å². The number of terminal acetylenes is 1. The molecule has 0 aromatic heterocycles. The van der Waals surface area contributed by atoms with Crippen LogP contribution in [0.2, 0.25) is 0 Å². The molecule has 0 radical (unpaired) electrons. The molecule has 0 N–H and O–H groups in total. The molecule has 2 rings (SSSR count). The van der Waals surface area contributed by atoms with Gasteiger partial charge >= 0.3 is 0 Å². The van der Waals surface area contributed by atoms with Crippen LogP contribution in [0.1, 0.15) is 6.42 Å². The second kappa shape index (κ2) is 4.79. The Balaban J connectivity index is 0.000000461. The summed E-state index contributed by atoms with van der Waals surface area (Å²) in [6, 6.07) is 0. The summed E-state index contributed by atoms with van der Waals surface area (Å²) in [5.74, 6) is 0. The Bertz CT molecular complexity index is 229. The van der Waals surface area contributed by atoms with Gasteiger partial charge in [-0.15, -0.1) is 23.0 Å². The second-order valence-electron chi connectivity index (χ2n) is 2.86. The first-order chi connectivity index (χ1) is 6.77. The summed E-state index contributed by atoms with van der Waals surface area (Å²) in [5, 5.41) is 9.22. The number of ether oxygens (including phenoxy) is 2. The molecule has 0 aromatic rings. The van der Waals surface area contributed by atoms with Crippen LogP contribution in [0.15, 0.2) is 0 Å². The largest absolute Gasteiger partial charge is 0.373 e. The molecule has 0 saturated carbocycles. The summed E-state index contributed by atoms with van der Waals surface area (Å²) in [6.45, 7) is 0.864. The van der Waals surface area contributed by atoms with Crippen molar-refractivity contribution in [2.75, 3.05) is 13.2 Å². The van der Waals surface area contributed by atoms with Gasteiger partial charge in [0.1, 0.15) is 6.10 Å². The first-order valence-electron chi connectivity index (χ1n) is 4.15. The molecule has 0 aliphatic carbocycles. The van der Waals surface area contributed by atoms with Crippen LogP contribution in [0.5, 0.6) is 0 Å². The van der Waals surface area contributed by atoms with Crippen molar-refractivity contribution in [1.29, 1.82) is 0 Å². The number of hydrogen-bond acceptors (Lipinski definition) is 5. The van der Waals surface area contributed by atoms with Crippen molar-refractivity contribution in [2.24, 2.45) is 0 Å². The van der Waals surface area contributed by atoms with Crippen molar-refractivity contribution in [3.05, 3.63) is 10.1 Å². The maximum absolute atomic E-state index is 10.0. The fourth-order valence-electron chi connectivity index (χ4n) is 1.63. The van der Waals surface area contributed by atoms with E-state index in [1.165, 1.54) is 0 Å². The lowest BCUT2D eigenvalue weighted by molar-refractivity contribution is -0.769. The SMILES string of the molecule is C#C.O=[N+]([O-])O[C@@H]1CO[C@@H]2CCO[C@@H]21. The normalized spacial score (nSPS) is 34.0. The van der Waals surface area contributed by atoms with Crippen LogP contribution >= 0.6 is 0 Å². The molecule has 0 spiro atoms. The van der Waals surface area contributed by atoms with Crippen molar-refractivity contribution in [3.8, 4) is 12.8 Å². The Hall–Kier alpha value is -1.32. The van der Waals surface area contributed by atoms with Crippen molar-refractivity contribution < 1.29 is 19.4 Å². The van der Waals surface area contributed by atoms with E-state index in [1.807, 2.05) is 0 Å². The molecule has 6 nitrogen and oxygen atoms in total. The van der Waals surface area contributed by atoms with Gasteiger partial charge in [-0.1, -0.05) is 0 Å². The molecule has 3 atom stereocenters. The second-order valence-corrected chi connectivity index (χ2v) is 2.86. The van der Waals surface area contributed by atoms with Gasteiger partial charge in [-0.3, -0.25) is 0 Å². The number of rotatable bonds is 2. The summed E-state index contributed by atoms with van der Waals surface area (Å²) in [5.41, 5.74) is 0. The smallest absolute Gasteiger partial charge is 0.294 e. The predicted octanol–water partition coefficient (Wildman–Crippen LogP) is 0.000400. The summed E-state index contributed by atoms with van der Waals surface area (Å²) < 4.78 is 10.5. The monoisotopic (exact) mass is 201 g/mol. The van der Waals surface area contributed by atoms with Crippen LogP contribution in [0.3, 0.4) is 0 Å². The van der Waals surface area contributed by atoms with Crippen LogP contribution in [-0.2, 0) is 14.3 Å². The topological polar surface area (TPSA) is 70.8 Å². The molecule has 14 heavy (non-hydrogen) atoms. The lowest BCUT2D eigenvalue weighted by Crippen LogP contribution is -2.31. The Morgan fingerprint density at radius 1 is 1.43 bits per heavy atom. The zero-order valence-electron chi connectivity index (χ0n) is 7.50. The Kier molecular flexibility index (Phi) is 3.68. The zero-order chi connectivity index (χ0) is 10.6. The Labute approximate surface area is 81.2 Å². The zero-order valence-corrected chi connectivity index (χ0v) is 7.50. The Morgan fingerprint density at radius 2 is 2.14 bits per heavy atom. The van der Waals surface area contributed by atoms with E-state index in [-0.39, 0.29) is 18.8 Å². The van der Waals surface area contributed by atoms with E-state index >= 15 is 0 Å². The van der Waals surface area contributed by atoms with Crippen LogP contribution in [0, 0.1) is 23.0 Å². The van der Waals surface area contributed by atoms with E-state index in [0.717, 1.165) is 6.42 Å². The molecule has 0 amide bonds. The molecule has 2 heterocycles. The molecule has 0 unspecified atom stereocenters. The van der Waals surface area contributed by atoms with Gasteiger partial charge in [0.05, 0.1) is 12.7 Å².